The van der Waals surface area contributed by atoms with Gasteiger partial charge >= 0.3 is 0 Å². The lowest BCUT2D eigenvalue weighted by atomic mass is 9.77. The summed E-state index contributed by atoms with van der Waals surface area (Å²) in [6.07, 6.45) is 10.2. The molecule has 4 fully saturated rings. The lowest BCUT2D eigenvalue weighted by Crippen LogP contribution is -2.62. The Bertz CT molecular complexity index is 1790. The Morgan fingerprint density at radius 3 is 2.37 bits per heavy atom. The summed E-state index contributed by atoms with van der Waals surface area (Å²) in [4.78, 5) is 70.4. The van der Waals surface area contributed by atoms with Crippen LogP contribution in [0, 0.1) is 11.3 Å². The molecule has 13 nitrogen and oxygen atoms in total. The number of ketones is 1. The summed E-state index contributed by atoms with van der Waals surface area (Å²) in [6, 6.07) is 10.9. The van der Waals surface area contributed by atoms with Gasteiger partial charge in [0.2, 0.25) is 17.6 Å². The van der Waals surface area contributed by atoms with E-state index >= 15 is 4.79 Å². The summed E-state index contributed by atoms with van der Waals surface area (Å²) in [5, 5.41) is 20.6. The van der Waals surface area contributed by atoms with Crippen molar-refractivity contribution in [1.29, 1.82) is 0 Å². The number of carbonyl (C=O) groups excluding carboxylic acids is 5. The lowest BCUT2D eigenvalue weighted by molar-refractivity contribution is -0.145. The summed E-state index contributed by atoms with van der Waals surface area (Å²) in [5.41, 5.74) is 9.69. The molecule has 3 aliphatic carbocycles. The molecule has 3 saturated carbocycles. The van der Waals surface area contributed by atoms with Crippen molar-refractivity contribution in [3.05, 3.63) is 59.9 Å². The first-order chi connectivity index (χ1) is 24.8. The standard InChI is InChI=1S/C39H51N7O6/c1-37(2,52)31-22-41-44-46(31)28-19-30(35(50)43-39(32(47)33(40)48)14-6-3-7-15-39)45(23-28)36(51)29(21-38-16-12-24(20-38)13-17-38)42-34(49)27-11-10-25-8-4-5-9-26(25)18-27/h4-5,8-11,18,22,24,28-30,41,44,52H,3,6-7,12-17,19-21,23H2,1-2H3,(H2,40,48)(H,42,49)(H,43,50)/t24?,28-,29?,30-,38?/m0/s1. The van der Waals surface area contributed by atoms with Crippen LogP contribution in [0.4, 0.5) is 0 Å². The highest BCUT2D eigenvalue weighted by atomic mass is 16.3. The van der Waals surface area contributed by atoms with Gasteiger partial charge in [-0.1, -0.05) is 49.6 Å². The van der Waals surface area contributed by atoms with Crippen molar-refractivity contribution in [2.75, 3.05) is 6.54 Å². The zero-order valence-electron chi connectivity index (χ0n) is 30.1. The molecule has 1 unspecified atom stereocenters. The number of rotatable bonds is 11. The third kappa shape index (κ3) is 6.88. The molecule has 2 aromatic rings. The van der Waals surface area contributed by atoms with Crippen molar-refractivity contribution in [2.45, 2.75) is 120 Å². The fourth-order valence-electron chi connectivity index (χ4n) is 9.67. The number of likely N-dealkylation sites (tertiary alicyclic amines) is 1. The van der Waals surface area contributed by atoms with Gasteiger partial charge in [0.15, 0.2) is 0 Å². The third-order valence-corrected chi connectivity index (χ3v) is 12.4. The van der Waals surface area contributed by atoms with Gasteiger partial charge in [-0.25, -0.2) is 0 Å². The number of nitrogens with two attached hydrogens (primary N) is 1. The Morgan fingerprint density at radius 2 is 1.71 bits per heavy atom. The average molecular weight is 714 g/mol. The van der Waals surface area contributed by atoms with E-state index in [2.05, 4.69) is 21.6 Å². The first kappa shape index (κ1) is 35.9. The summed E-state index contributed by atoms with van der Waals surface area (Å²) in [7, 11) is 0. The minimum Gasteiger partial charge on any atom is -0.384 e. The predicted octanol–water partition coefficient (Wildman–Crippen LogP) is 2.69. The number of nitrogens with zero attached hydrogens (tertiary/aromatic N) is 2. The van der Waals surface area contributed by atoms with E-state index in [1.54, 1.807) is 31.1 Å². The number of hydrogen-bond donors (Lipinski definition) is 6. The predicted molar refractivity (Wildman–Crippen MR) is 193 cm³/mol. The van der Waals surface area contributed by atoms with E-state index in [1.807, 2.05) is 36.4 Å². The van der Waals surface area contributed by atoms with Gasteiger partial charge in [-0.3, -0.25) is 29.0 Å². The van der Waals surface area contributed by atoms with Crippen LogP contribution in [0.2, 0.25) is 0 Å². The van der Waals surface area contributed by atoms with Gasteiger partial charge in [0.1, 0.15) is 23.2 Å². The number of carbonyl (C=O) groups is 5. The van der Waals surface area contributed by atoms with Crippen LogP contribution in [0.1, 0.15) is 101 Å². The zero-order valence-corrected chi connectivity index (χ0v) is 30.1. The highest BCUT2D eigenvalue weighted by Crippen LogP contribution is 2.56. The summed E-state index contributed by atoms with van der Waals surface area (Å²) < 4.78 is 0. The van der Waals surface area contributed by atoms with Crippen LogP contribution in [0.5, 0.6) is 0 Å². The van der Waals surface area contributed by atoms with E-state index in [-0.39, 0.29) is 43.0 Å². The van der Waals surface area contributed by atoms with Crippen molar-refractivity contribution in [1.82, 2.24) is 31.5 Å². The highest BCUT2D eigenvalue weighted by molar-refractivity contribution is 6.39. The molecule has 2 heterocycles. The number of amides is 4. The number of hydrogen-bond acceptors (Lipinski definition) is 9. The SMILES string of the molecule is CC(C)(O)C1=CNNN1[C@H]1C[C@@H](C(=O)NC2(C(=O)C(N)=O)CCCCC2)N(C(=O)C(CC23CCC(CC2)C3)NC(=O)c2ccc3ccccc3c2)C1. The van der Waals surface area contributed by atoms with Gasteiger partial charge in [-0.05, 0) is 99.5 Å². The normalized spacial score (nSPS) is 27.2. The van der Waals surface area contributed by atoms with Crippen molar-refractivity contribution in [3.63, 3.8) is 0 Å². The Hall–Kier alpha value is -4.49. The molecule has 3 atom stereocenters. The Morgan fingerprint density at radius 1 is 1.00 bits per heavy atom. The van der Waals surface area contributed by atoms with Crippen LogP contribution in [0.25, 0.3) is 10.8 Å². The fourth-order valence-corrected chi connectivity index (χ4v) is 9.67. The number of Topliss-reactive ketones (excluding diaryl/α,β-unsaturated/α-hetero) is 1. The van der Waals surface area contributed by atoms with Gasteiger partial charge in [0.05, 0.1) is 11.7 Å². The van der Waals surface area contributed by atoms with E-state index in [0.717, 1.165) is 49.3 Å². The number of aliphatic hydroxyl groups is 1. The molecule has 7 rings (SSSR count). The number of benzene rings is 2. The minimum atomic E-state index is -1.44. The average Bonchev–Trinajstić information content (AvgIpc) is 3.94. The Balaban J connectivity index is 1.21. The van der Waals surface area contributed by atoms with E-state index < -0.39 is 46.9 Å². The van der Waals surface area contributed by atoms with Gasteiger partial charge in [0, 0.05) is 24.7 Å². The van der Waals surface area contributed by atoms with Crippen LogP contribution in [0.3, 0.4) is 0 Å². The lowest BCUT2D eigenvalue weighted by Gasteiger charge is -2.38. The van der Waals surface area contributed by atoms with Crippen LogP contribution in [-0.2, 0) is 19.2 Å². The molecular formula is C39H51N7O6. The van der Waals surface area contributed by atoms with Crippen LogP contribution in [0.15, 0.2) is 54.4 Å². The highest BCUT2D eigenvalue weighted by Gasteiger charge is 2.52. The van der Waals surface area contributed by atoms with Crippen LogP contribution >= 0.6 is 0 Å². The molecule has 278 valence electrons. The smallest absolute Gasteiger partial charge is 0.287 e. The maximum absolute atomic E-state index is 15.0. The first-order valence-electron chi connectivity index (χ1n) is 18.8. The number of primary amides is 1. The van der Waals surface area contributed by atoms with Crippen molar-refractivity contribution in [3.8, 4) is 0 Å². The second kappa shape index (κ2) is 13.8. The zero-order chi connectivity index (χ0) is 36.8. The summed E-state index contributed by atoms with van der Waals surface area (Å²) >= 11 is 0. The molecule has 52 heavy (non-hydrogen) atoms. The molecule has 5 aliphatic rings. The number of nitrogens with one attached hydrogen (secondary N) is 4. The van der Waals surface area contributed by atoms with Crippen molar-refractivity contribution in [2.24, 2.45) is 17.1 Å². The van der Waals surface area contributed by atoms with Gasteiger partial charge in [-0.15, -0.1) is 5.53 Å². The summed E-state index contributed by atoms with van der Waals surface area (Å²) in [5.74, 6) is -2.60. The largest absolute Gasteiger partial charge is 0.384 e. The molecule has 0 aromatic heterocycles. The maximum atomic E-state index is 15.0. The summed E-state index contributed by atoms with van der Waals surface area (Å²) in [6.45, 7) is 3.41. The molecule has 2 aromatic carbocycles. The Kier molecular flexibility index (Phi) is 9.53. The fraction of sp³-hybridized carbons (Fsp3) is 0.564. The van der Waals surface area contributed by atoms with Crippen LogP contribution < -0.4 is 27.3 Å². The molecule has 2 aliphatic heterocycles. The van der Waals surface area contributed by atoms with Gasteiger partial charge in [-0.2, -0.15) is 0 Å². The quantitative estimate of drug-likeness (QED) is 0.191. The Labute approximate surface area is 304 Å². The molecule has 2 bridgehead atoms. The second-order valence-corrected chi connectivity index (χ2v) is 16.4. The first-order valence-corrected chi connectivity index (χ1v) is 18.8. The topological polar surface area (TPSA) is 186 Å². The molecular weight excluding hydrogens is 662 g/mol. The maximum Gasteiger partial charge on any atom is 0.287 e. The molecule has 1 saturated heterocycles. The second-order valence-electron chi connectivity index (χ2n) is 16.4. The van der Waals surface area contributed by atoms with Gasteiger partial charge < -0.3 is 31.8 Å². The van der Waals surface area contributed by atoms with Crippen LogP contribution in [-0.4, -0.2) is 80.2 Å². The molecule has 0 radical (unpaired) electrons. The molecule has 4 amide bonds. The van der Waals surface area contributed by atoms with E-state index in [9.17, 15) is 24.3 Å². The molecule has 13 heteroatoms. The third-order valence-electron chi connectivity index (χ3n) is 12.4. The van der Waals surface area contributed by atoms with E-state index in [1.165, 1.54) is 4.90 Å². The molecule has 7 N–H and O–H groups in total. The van der Waals surface area contributed by atoms with Gasteiger partial charge in [0.25, 0.3) is 11.8 Å². The van der Waals surface area contributed by atoms with Crippen molar-refractivity contribution < 1.29 is 29.1 Å². The number of hydrazine groups is 2. The van der Waals surface area contributed by atoms with E-state index in [0.29, 0.717) is 36.4 Å². The monoisotopic (exact) mass is 713 g/mol. The van der Waals surface area contributed by atoms with Crippen molar-refractivity contribution >= 4 is 40.2 Å². The number of fused-ring (bicyclic) bond motifs is 3. The van der Waals surface area contributed by atoms with E-state index in [4.69, 9.17) is 5.73 Å². The molecule has 0 spiro atoms. The minimum absolute atomic E-state index is 0.0736.